The van der Waals surface area contributed by atoms with Crippen LogP contribution in [0.5, 0.6) is 0 Å². The summed E-state index contributed by atoms with van der Waals surface area (Å²) in [5.74, 6) is 0. The van der Waals surface area contributed by atoms with Crippen molar-refractivity contribution in [2.45, 2.75) is 19.8 Å². The Bertz CT molecular complexity index is 394. The van der Waals surface area contributed by atoms with Gasteiger partial charge in [-0.2, -0.15) is 0 Å². The predicted molar refractivity (Wildman–Crippen MR) is 64.6 cm³/mol. The second-order valence-corrected chi connectivity index (χ2v) is 5.18. The third kappa shape index (κ3) is 1.39. The number of rotatable bonds is 0. The maximum Gasteiger partial charge on any atom is 0.0607 e. The van der Waals surface area contributed by atoms with Crippen LogP contribution >= 0.6 is 0 Å². The molecule has 1 aliphatic carbocycles. The smallest absolute Gasteiger partial charge is 0.0607 e. The molecule has 0 atom stereocenters. The topological polar surface area (TPSA) is 15.3 Å². The van der Waals surface area contributed by atoms with E-state index in [-0.39, 0.29) is 0 Å². The van der Waals surface area contributed by atoms with E-state index in [4.69, 9.17) is 0 Å². The van der Waals surface area contributed by atoms with Gasteiger partial charge in [-0.05, 0) is 31.4 Å². The Morgan fingerprint density at radius 3 is 2.87 bits per heavy atom. The van der Waals surface area contributed by atoms with Gasteiger partial charge in [0.25, 0.3) is 0 Å². The molecule has 2 nitrogen and oxygen atoms in total. The normalized spacial score (nSPS) is 21.9. The van der Waals surface area contributed by atoms with Crippen molar-refractivity contribution in [2.75, 3.05) is 30.4 Å². The minimum absolute atomic E-state index is 0.570. The van der Waals surface area contributed by atoms with Crippen molar-refractivity contribution in [3.05, 3.63) is 23.8 Å². The monoisotopic (exact) mass is 202 g/mol. The van der Waals surface area contributed by atoms with Gasteiger partial charge in [0, 0.05) is 25.6 Å². The summed E-state index contributed by atoms with van der Waals surface area (Å²) in [6.07, 6.45) is 2.77. The summed E-state index contributed by atoms with van der Waals surface area (Å²) in [4.78, 5) is 2.41. The first-order valence-electron chi connectivity index (χ1n) is 5.75. The molecule has 3 rings (SSSR count). The van der Waals surface area contributed by atoms with Crippen LogP contribution in [-0.2, 0) is 0 Å². The van der Waals surface area contributed by atoms with Gasteiger partial charge in [-0.1, -0.05) is 12.1 Å². The Hall–Kier alpha value is -1.18. The zero-order valence-corrected chi connectivity index (χ0v) is 9.51. The van der Waals surface area contributed by atoms with Crippen LogP contribution in [-0.4, -0.2) is 20.1 Å². The second-order valence-electron chi connectivity index (χ2n) is 5.18. The van der Waals surface area contributed by atoms with E-state index in [2.05, 4.69) is 42.4 Å². The lowest BCUT2D eigenvalue weighted by Crippen LogP contribution is -2.27. The van der Waals surface area contributed by atoms with Crippen LogP contribution in [0.15, 0.2) is 18.2 Å². The Labute approximate surface area is 91.3 Å². The molecule has 1 aromatic carbocycles. The van der Waals surface area contributed by atoms with Gasteiger partial charge >= 0.3 is 0 Å². The van der Waals surface area contributed by atoms with Crippen LogP contribution in [0.4, 0.5) is 11.4 Å². The number of anilines is 2. The molecule has 1 saturated carbocycles. The first-order chi connectivity index (χ1) is 7.20. The highest BCUT2D eigenvalue weighted by atomic mass is 15.2. The van der Waals surface area contributed by atoms with Crippen molar-refractivity contribution in [2.24, 2.45) is 5.41 Å². The third-order valence-corrected chi connectivity index (χ3v) is 3.83. The molecule has 1 aromatic rings. The summed E-state index contributed by atoms with van der Waals surface area (Å²) in [6, 6.07) is 6.55. The van der Waals surface area contributed by atoms with Crippen molar-refractivity contribution < 1.29 is 0 Å². The summed E-state index contributed by atoms with van der Waals surface area (Å²) in [7, 11) is 2.21. The van der Waals surface area contributed by atoms with Crippen molar-refractivity contribution in [1.82, 2.24) is 0 Å². The summed E-state index contributed by atoms with van der Waals surface area (Å²) >= 11 is 0. The summed E-state index contributed by atoms with van der Waals surface area (Å²) in [5.41, 5.74) is 4.62. The van der Waals surface area contributed by atoms with Gasteiger partial charge in [-0.3, -0.25) is 0 Å². The Balaban J connectivity index is 2.03. The fraction of sp³-hybridized carbons (Fsp3) is 0.538. The van der Waals surface area contributed by atoms with Gasteiger partial charge in [0.15, 0.2) is 0 Å². The minimum atomic E-state index is 0.570. The van der Waals surface area contributed by atoms with Gasteiger partial charge in [-0.25, -0.2) is 0 Å². The largest absolute Gasteiger partial charge is 0.383 e. The average Bonchev–Trinajstić information content (AvgIpc) is 2.97. The van der Waals surface area contributed by atoms with E-state index in [1.54, 1.807) is 0 Å². The molecule has 0 amide bonds. The van der Waals surface area contributed by atoms with Gasteiger partial charge in [0.05, 0.1) is 11.4 Å². The fourth-order valence-corrected chi connectivity index (χ4v) is 2.63. The maximum absolute atomic E-state index is 3.63. The predicted octanol–water partition coefficient (Wildman–Crippen LogP) is 2.64. The number of fused-ring (bicyclic) bond motifs is 1. The molecule has 0 radical (unpaired) electrons. The molecular weight excluding hydrogens is 184 g/mol. The van der Waals surface area contributed by atoms with Gasteiger partial charge in [0.2, 0.25) is 0 Å². The first kappa shape index (κ1) is 9.08. The number of aryl methyl sites for hydroxylation is 1. The maximum atomic E-state index is 3.63. The number of nitrogens with zero attached hydrogens (tertiary/aromatic N) is 1. The highest BCUT2D eigenvalue weighted by molar-refractivity contribution is 5.74. The molecule has 1 aliphatic heterocycles. The molecule has 1 spiro atoms. The highest BCUT2D eigenvalue weighted by Gasteiger charge is 2.44. The van der Waals surface area contributed by atoms with E-state index in [9.17, 15) is 0 Å². The van der Waals surface area contributed by atoms with Crippen LogP contribution in [0.3, 0.4) is 0 Å². The molecule has 0 aromatic heterocycles. The third-order valence-electron chi connectivity index (χ3n) is 3.83. The summed E-state index contributed by atoms with van der Waals surface area (Å²) in [5, 5.41) is 3.63. The SMILES string of the molecule is Cc1cccc2c1NCC1(CC1)CN2C. The zero-order valence-electron chi connectivity index (χ0n) is 9.51. The Morgan fingerprint density at radius 1 is 1.33 bits per heavy atom. The van der Waals surface area contributed by atoms with Crippen molar-refractivity contribution in [3.63, 3.8) is 0 Å². The van der Waals surface area contributed by atoms with Crippen LogP contribution < -0.4 is 10.2 Å². The first-order valence-corrected chi connectivity index (χ1v) is 5.75. The summed E-state index contributed by atoms with van der Waals surface area (Å²) < 4.78 is 0. The van der Waals surface area contributed by atoms with E-state index >= 15 is 0 Å². The fourth-order valence-electron chi connectivity index (χ4n) is 2.63. The molecule has 0 bridgehead atoms. The second kappa shape index (κ2) is 2.91. The van der Waals surface area contributed by atoms with Crippen molar-refractivity contribution in [1.29, 1.82) is 0 Å². The van der Waals surface area contributed by atoms with E-state index in [1.807, 2.05) is 0 Å². The van der Waals surface area contributed by atoms with E-state index in [0.717, 1.165) is 6.54 Å². The molecule has 15 heavy (non-hydrogen) atoms. The molecule has 0 unspecified atom stereocenters. The molecular formula is C13H18N2. The van der Waals surface area contributed by atoms with E-state index in [1.165, 1.54) is 36.3 Å². The lowest BCUT2D eigenvalue weighted by atomic mass is 10.1. The van der Waals surface area contributed by atoms with Crippen LogP contribution in [0.2, 0.25) is 0 Å². The molecule has 2 heteroatoms. The summed E-state index contributed by atoms with van der Waals surface area (Å²) in [6.45, 7) is 4.54. The lowest BCUT2D eigenvalue weighted by Gasteiger charge is -2.22. The molecule has 1 fully saturated rings. The zero-order chi connectivity index (χ0) is 10.5. The highest BCUT2D eigenvalue weighted by Crippen LogP contribution is 2.49. The molecule has 0 saturated heterocycles. The number of hydrogen-bond donors (Lipinski definition) is 1. The molecule has 1 N–H and O–H groups in total. The van der Waals surface area contributed by atoms with Crippen LogP contribution in [0.1, 0.15) is 18.4 Å². The van der Waals surface area contributed by atoms with Gasteiger partial charge < -0.3 is 10.2 Å². The quantitative estimate of drug-likeness (QED) is 0.695. The van der Waals surface area contributed by atoms with Gasteiger partial charge in [0.1, 0.15) is 0 Å². The van der Waals surface area contributed by atoms with Crippen LogP contribution in [0.25, 0.3) is 0 Å². The molecule has 1 heterocycles. The standard InChI is InChI=1S/C13H18N2/c1-10-4-3-5-11-12(10)14-8-13(6-7-13)9-15(11)2/h3-5,14H,6-9H2,1-2H3. The molecule has 2 aliphatic rings. The van der Waals surface area contributed by atoms with Gasteiger partial charge in [-0.15, -0.1) is 0 Å². The number of hydrogen-bond acceptors (Lipinski definition) is 2. The number of nitrogens with one attached hydrogen (secondary N) is 1. The van der Waals surface area contributed by atoms with Crippen LogP contribution in [0, 0.1) is 12.3 Å². The number of benzene rings is 1. The van der Waals surface area contributed by atoms with Crippen molar-refractivity contribution >= 4 is 11.4 Å². The molecule has 80 valence electrons. The van der Waals surface area contributed by atoms with E-state index < -0.39 is 0 Å². The lowest BCUT2D eigenvalue weighted by molar-refractivity contribution is 0.548. The Morgan fingerprint density at radius 2 is 2.13 bits per heavy atom. The van der Waals surface area contributed by atoms with Crippen molar-refractivity contribution in [3.8, 4) is 0 Å². The minimum Gasteiger partial charge on any atom is -0.383 e. The number of para-hydroxylation sites is 1. The van der Waals surface area contributed by atoms with E-state index in [0.29, 0.717) is 5.41 Å². The average molecular weight is 202 g/mol. The Kier molecular flexibility index (Phi) is 1.76.